The van der Waals surface area contributed by atoms with E-state index in [1.165, 1.54) is 0 Å². The molecule has 0 aliphatic carbocycles. The van der Waals surface area contributed by atoms with Gasteiger partial charge in [-0.25, -0.2) is 4.39 Å². The van der Waals surface area contributed by atoms with Gasteiger partial charge in [0.15, 0.2) is 0 Å². The summed E-state index contributed by atoms with van der Waals surface area (Å²) in [5, 5.41) is 10.5. The Labute approximate surface area is 126 Å². The number of rotatable bonds is 2. The number of aliphatic hydroxyl groups is 1. The summed E-state index contributed by atoms with van der Waals surface area (Å²) < 4.78 is 14.6. The Morgan fingerprint density at radius 3 is 2.79 bits per heavy atom. The summed E-state index contributed by atoms with van der Waals surface area (Å²) >= 11 is 9.05. The fourth-order valence-electron chi connectivity index (χ4n) is 2.36. The van der Waals surface area contributed by atoms with Crippen molar-refractivity contribution in [3.8, 4) is 0 Å². The van der Waals surface area contributed by atoms with Crippen molar-refractivity contribution in [2.45, 2.75) is 12.1 Å². The Bertz CT molecular complexity index is 474. The fourth-order valence-corrected chi connectivity index (χ4v) is 2.84. The van der Waals surface area contributed by atoms with E-state index in [1.54, 1.807) is 12.1 Å². The maximum atomic E-state index is 14.1. The van der Waals surface area contributed by atoms with E-state index in [1.807, 2.05) is 14.1 Å². The lowest BCUT2D eigenvalue weighted by Crippen LogP contribution is -2.52. The lowest BCUT2D eigenvalue weighted by atomic mass is 9.99. The molecule has 2 unspecified atom stereocenters. The van der Waals surface area contributed by atoms with Crippen LogP contribution in [0.3, 0.4) is 0 Å². The molecule has 1 fully saturated rings. The largest absolute Gasteiger partial charge is 0.387 e. The van der Waals surface area contributed by atoms with Crippen LogP contribution >= 0.6 is 27.5 Å². The van der Waals surface area contributed by atoms with Crippen molar-refractivity contribution >= 4 is 27.5 Å². The van der Waals surface area contributed by atoms with Crippen molar-refractivity contribution in [3.05, 3.63) is 33.0 Å². The predicted molar refractivity (Wildman–Crippen MR) is 78.0 cm³/mol. The first kappa shape index (κ1) is 15.2. The van der Waals surface area contributed by atoms with E-state index in [9.17, 15) is 9.50 Å². The van der Waals surface area contributed by atoms with Crippen LogP contribution in [0, 0.1) is 5.82 Å². The Kier molecular flexibility index (Phi) is 4.84. The van der Waals surface area contributed by atoms with Gasteiger partial charge in [-0.1, -0.05) is 17.7 Å². The van der Waals surface area contributed by atoms with Gasteiger partial charge in [0.05, 0.1) is 17.2 Å². The summed E-state index contributed by atoms with van der Waals surface area (Å²) in [6.07, 6.45) is -0.890. The van der Waals surface area contributed by atoms with Crippen LogP contribution in [-0.2, 0) is 0 Å². The Morgan fingerprint density at radius 1 is 1.42 bits per heavy atom. The van der Waals surface area contributed by atoms with E-state index in [2.05, 4.69) is 25.7 Å². The van der Waals surface area contributed by atoms with Crippen LogP contribution in [-0.4, -0.2) is 54.7 Å². The van der Waals surface area contributed by atoms with E-state index in [0.29, 0.717) is 11.0 Å². The van der Waals surface area contributed by atoms with E-state index < -0.39 is 11.9 Å². The normalized spacial score (nSPS) is 23.6. The van der Waals surface area contributed by atoms with Crippen LogP contribution in [0.2, 0.25) is 5.02 Å². The molecule has 0 bridgehead atoms. The van der Waals surface area contributed by atoms with Gasteiger partial charge in [0.1, 0.15) is 5.82 Å². The predicted octanol–water partition coefficient (Wildman–Crippen LogP) is 2.52. The van der Waals surface area contributed by atoms with Gasteiger partial charge >= 0.3 is 0 Å². The van der Waals surface area contributed by atoms with E-state index in [-0.39, 0.29) is 16.6 Å². The average molecular weight is 352 g/mol. The Morgan fingerprint density at radius 2 is 2.11 bits per heavy atom. The molecule has 1 aliphatic rings. The lowest BCUT2D eigenvalue weighted by Gasteiger charge is -2.40. The van der Waals surface area contributed by atoms with Gasteiger partial charge in [0.2, 0.25) is 0 Å². The van der Waals surface area contributed by atoms with Gasteiger partial charge in [-0.2, -0.15) is 0 Å². The maximum Gasteiger partial charge on any atom is 0.148 e. The molecular weight excluding hydrogens is 335 g/mol. The molecule has 0 aromatic heterocycles. The van der Waals surface area contributed by atoms with Crippen molar-refractivity contribution in [2.75, 3.05) is 33.7 Å². The third-order valence-electron chi connectivity index (χ3n) is 3.65. The molecule has 1 N–H and O–H groups in total. The number of aliphatic hydroxyl groups excluding tert-OH is 1. The second-order valence-corrected chi connectivity index (χ2v) is 6.25. The number of piperazine rings is 1. The number of halogens is 3. The molecule has 19 heavy (non-hydrogen) atoms. The summed E-state index contributed by atoms with van der Waals surface area (Å²) in [4.78, 5) is 4.19. The Hall–Kier alpha value is -0.200. The van der Waals surface area contributed by atoms with Crippen molar-refractivity contribution in [3.63, 3.8) is 0 Å². The molecule has 0 spiro atoms. The van der Waals surface area contributed by atoms with Crippen molar-refractivity contribution in [2.24, 2.45) is 0 Å². The van der Waals surface area contributed by atoms with Crippen LogP contribution in [0.1, 0.15) is 11.7 Å². The number of hydrogen-bond donors (Lipinski definition) is 1. The van der Waals surface area contributed by atoms with E-state index in [0.717, 1.165) is 13.1 Å². The van der Waals surface area contributed by atoms with Crippen LogP contribution in [0.4, 0.5) is 4.39 Å². The smallest absolute Gasteiger partial charge is 0.148 e. The minimum atomic E-state index is -0.890. The molecule has 0 radical (unpaired) electrons. The Balaban J connectivity index is 2.28. The van der Waals surface area contributed by atoms with Gasteiger partial charge in [-0.05, 0) is 36.1 Å². The van der Waals surface area contributed by atoms with Gasteiger partial charge < -0.3 is 10.0 Å². The molecular formula is C13H17BrClFN2O. The molecule has 0 amide bonds. The minimum Gasteiger partial charge on any atom is -0.387 e. The van der Waals surface area contributed by atoms with Crippen molar-refractivity contribution in [1.29, 1.82) is 0 Å². The van der Waals surface area contributed by atoms with Gasteiger partial charge in [0, 0.05) is 29.7 Å². The topological polar surface area (TPSA) is 26.7 Å². The fraction of sp³-hybridized carbons (Fsp3) is 0.538. The van der Waals surface area contributed by atoms with Gasteiger partial charge in [-0.15, -0.1) is 0 Å². The molecule has 0 saturated carbocycles. The maximum absolute atomic E-state index is 14.1. The first-order chi connectivity index (χ1) is 8.91. The summed E-state index contributed by atoms with van der Waals surface area (Å²) in [6.45, 7) is 2.50. The van der Waals surface area contributed by atoms with Crippen LogP contribution in [0.5, 0.6) is 0 Å². The van der Waals surface area contributed by atoms with Gasteiger partial charge in [-0.3, -0.25) is 4.90 Å². The minimum absolute atomic E-state index is 0.0170. The zero-order valence-electron chi connectivity index (χ0n) is 10.9. The molecule has 106 valence electrons. The van der Waals surface area contributed by atoms with Crippen molar-refractivity contribution in [1.82, 2.24) is 9.80 Å². The summed E-state index contributed by atoms with van der Waals surface area (Å²) in [5.41, 5.74) is 0.250. The third kappa shape index (κ3) is 3.11. The van der Waals surface area contributed by atoms with Crippen LogP contribution in [0.25, 0.3) is 0 Å². The molecule has 1 aromatic rings. The van der Waals surface area contributed by atoms with Gasteiger partial charge in [0.25, 0.3) is 0 Å². The quantitative estimate of drug-likeness (QED) is 0.830. The highest BCUT2D eigenvalue weighted by Crippen LogP contribution is 2.33. The lowest BCUT2D eigenvalue weighted by molar-refractivity contribution is 0.0122. The number of benzene rings is 1. The number of hydrogen-bond acceptors (Lipinski definition) is 3. The zero-order chi connectivity index (χ0) is 14.2. The molecule has 3 nitrogen and oxygen atoms in total. The summed E-state index contributed by atoms with van der Waals surface area (Å²) in [5.74, 6) is -0.551. The highest BCUT2D eigenvalue weighted by molar-refractivity contribution is 9.10. The standard InChI is InChI=1S/C13H17BrClFN2O/c1-17-5-6-18(2)10(7-17)13(19)8-3-4-9(14)11(15)12(8)16/h3-4,10,13,19H,5-7H2,1-2H3. The first-order valence-electron chi connectivity index (χ1n) is 6.12. The zero-order valence-corrected chi connectivity index (χ0v) is 13.2. The number of nitrogens with zero attached hydrogens (tertiary/aromatic N) is 2. The summed E-state index contributed by atoms with van der Waals surface area (Å²) in [6, 6.07) is 3.11. The van der Waals surface area contributed by atoms with Crippen LogP contribution < -0.4 is 0 Å². The second kappa shape index (κ2) is 6.06. The molecule has 1 saturated heterocycles. The SMILES string of the molecule is CN1CCN(C)C(C(O)c2ccc(Br)c(Cl)c2F)C1. The highest BCUT2D eigenvalue weighted by Gasteiger charge is 2.31. The van der Waals surface area contributed by atoms with Crippen LogP contribution in [0.15, 0.2) is 16.6 Å². The number of likely N-dealkylation sites (N-methyl/N-ethyl adjacent to an activating group) is 2. The molecule has 1 aromatic carbocycles. The third-order valence-corrected chi connectivity index (χ3v) is 4.91. The highest BCUT2D eigenvalue weighted by atomic mass is 79.9. The molecule has 1 heterocycles. The second-order valence-electron chi connectivity index (χ2n) is 5.02. The molecule has 2 rings (SSSR count). The first-order valence-corrected chi connectivity index (χ1v) is 7.29. The summed E-state index contributed by atoms with van der Waals surface area (Å²) in [7, 11) is 3.94. The van der Waals surface area contributed by atoms with E-state index >= 15 is 0 Å². The average Bonchev–Trinajstić information content (AvgIpc) is 2.38. The van der Waals surface area contributed by atoms with Crippen molar-refractivity contribution < 1.29 is 9.50 Å². The van der Waals surface area contributed by atoms with E-state index in [4.69, 9.17) is 11.6 Å². The molecule has 1 aliphatic heterocycles. The molecule has 6 heteroatoms. The molecule has 2 atom stereocenters. The monoisotopic (exact) mass is 350 g/mol.